The van der Waals surface area contributed by atoms with Gasteiger partial charge < -0.3 is 20.7 Å². The van der Waals surface area contributed by atoms with Gasteiger partial charge in [0, 0.05) is 45.7 Å². The van der Waals surface area contributed by atoms with Crippen molar-refractivity contribution in [2.45, 2.75) is 53.5 Å². The second-order valence-electron chi connectivity index (χ2n) is 11.9. The number of rotatable bonds is 5. The molecule has 3 N–H and O–H groups in total. The lowest BCUT2D eigenvalue weighted by Gasteiger charge is -2.35. The molecule has 3 aliphatic rings. The molecule has 0 bridgehead atoms. The van der Waals surface area contributed by atoms with Crippen LogP contribution in [0.1, 0.15) is 60.9 Å². The summed E-state index contributed by atoms with van der Waals surface area (Å²) < 4.78 is 6.20. The van der Waals surface area contributed by atoms with Gasteiger partial charge in [0.15, 0.2) is 0 Å². The van der Waals surface area contributed by atoms with Crippen molar-refractivity contribution in [3.63, 3.8) is 0 Å². The summed E-state index contributed by atoms with van der Waals surface area (Å²) in [5.74, 6) is 2.31. The fourth-order valence-corrected chi connectivity index (χ4v) is 6.13. The average Bonchev–Trinajstić information content (AvgIpc) is 3.10. The van der Waals surface area contributed by atoms with Crippen molar-refractivity contribution in [2.75, 3.05) is 50.9 Å². The molecule has 38 heavy (non-hydrogen) atoms. The number of hydrogen-bond donors (Lipinski definition) is 2. The Morgan fingerprint density at radius 3 is 2.68 bits per heavy atom. The Hall–Kier alpha value is -3.25. The summed E-state index contributed by atoms with van der Waals surface area (Å²) in [7, 11) is 1.92. The number of nitrogens with one attached hydrogen (secondary N) is 1. The highest BCUT2D eigenvalue weighted by molar-refractivity contribution is 5.96. The van der Waals surface area contributed by atoms with Crippen molar-refractivity contribution in [2.24, 2.45) is 10.4 Å². The quantitative estimate of drug-likeness (QED) is 0.493. The third kappa shape index (κ3) is 5.06. The van der Waals surface area contributed by atoms with E-state index in [-0.39, 0.29) is 11.3 Å². The second kappa shape index (κ2) is 10.5. The lowest BCUT2D eigenvalue weighted by Crippen LogP contribution is -2.40. The number of allylic oxidation sites excluding steroid dienone is 1. The third-order valence-corrected chi connectivity index (χ3v) is 8.23. The summed E-state index contributed by atoms with van der Waals surface area (Å²) in [5, 5.41) is 3.23. The molecule has 0 spiro atoms. The molecule has 0 saturated heterocycles. The van der Waals surface area contributed by atoms with E-state index in [0.717, 1.165) is 67.7 Å². The van der Waals surface area contributed by atoms with Gasteiger partial charge in [-0.05, 0) is 71.7 Å². The predicted octanol–water partition coefficient (Wildman–Crippen LogP) is 5.82. The van der Waals surface area contributed by atoms with Crippen LogP contribution >= 0.6 is 0 Å². The zero-order valence-corrected chi connectivity index (χ0v) is 23.9. The van der Waals surface area contributed by atoms with Gasteiger partial charge in [0.05, 0.1) is 17.1 Å². The minimum Gasteiger partial charge on any atom is -0.490 e. The Labute approximate surface area is 228 Å². The first-order valence-electron chi connectivity index (χ1n) is 13.9. The molecule has 1 atom stereocenters. The monoisotopic (exact) mass is 513 g/mol. The van der Waals surface area contributed by atoms with E-state index in [1.807, 2.05) is 7.05 Å². The fraction of sp³-hybridized carbons (Fsp3) is 0.469. The van der Waals surface area contributed by atoms with E-state index in [9.17, 15) is 0 Å². The van der Waals surface area contributed by atoms with Gasteiger partial charge >= 0.3 is 0 Å². The van der Waals surface area contributed by atoms with E-state index in [2.05, 4.69) is 92.2 Å². The summed E-state index contributed by atoms with van der Waals surface area (Å²) in [4.78, 5) is 9.62. The summed E-state index contributed by atoms with van der Waals surface area (Å²) in [5.41, 5.74) is 16.1. The molecule has 3 heterocycles. The maximum atomic E-state index is 6.54. The number of aliphatic imine (C=N–C) groups is 1. The van der Waals surface area contributed by atoms with Crippen molar-refractivity contribution >= 4 is 17.2 Å². The first kappa shape index (κ1) is 26.4. The van der Waals surface area contributed by atoms with Gasteiger partial charge in [-0.15, -0.1) is 0 Å². The molecule has 2 aromatic rings. The number of nitrogens with zero attached hydrogens (tertiary/aromatic N) is 3. The number of fused-ring (bicyclic) bond motifs is 2. The van der Waals surface area contributed by atoms with Gasteiger partial charge in [-0.25, -0.2) is 0 Å². The first-order valence-corrected chi connectivity index (χ1v) is 13.9. The van der Waals surface area contributed by atoms with Gasteiger partial charge in [0.1, 0.15) is 18.2 Å². The SMILES string of the molecule is CNc1ccc(C(c2ccc(C)c(CN3CCOC4=C(C3)N3CCCN=C3C=C4)c2)C(C)(C)C)c(C)c1N. The molecule has 6 nitrogen and oxygen atoms in total. The van der Waals surface area contributed by atoms with E-state index in [1.165, 1.54) is 28.0 Å². The molecule has 5 rings (SSSR count). The third-order valence-electron chi connectivity index (χ3n) is 8.23. The van der Waals surface area contributed by atoms with Crippen LogP contribution in [0.25, 0.3) is 0 Å². The highest BCUT2D eigenvalue weighted by atomic mass is 16.5. The van der Waals surface area contributed by atoms with Crippen LogP contribution in [0.3, 0.4) is 0 Å². The molecule has 3 aliphatic heterocycles. The summed E-state index contributed by atoms with van der Waals surface area (Å²) >= 11 is 0. The Kier molecular flexibility index (Phi) is 7.28. The molecule has 0 radical (unpaired) electrons. The minimum absolute atomic E-state index is 0.0273. The lowest BCUT2D eigenvalue weighted by atomic mass is 9.71. The van der Waals surface area contributed by atoms with Crippen LogP contribution in [-0.4, -0.2) is 55.5 Å². The van der Waals surface area contributed by atoms with Crippen molar-refractivity contribution in [1.82, 2.24) is 9.80 Å². The number of hydrogen-bond acceptors (Lipinski definition) is 6. The van der Waals surface area contributed by atoms with Crippen molar-refractivity contribution in [3.8, 4) is 0 Å². The molecule has 0 aliphatic carbocycles. The number of anilines is 2. The number of aryl methyl sites for hydroxylation is 1. The Balaban J connectivity index is 1.46. The van der Waals surface area contributed by atoms with Crippen LogP contribution in [0, 0.1) is 19.3 Å². The number of nitrogen functional groups attached to an aromatic ring is 1. The van der Waals surface area contributed by atoms with E-state index >= 15 is 0 Å². The van der Waals surface area contributed by atoms with Gasteiger partial charge in [0.25, 0.3) is 0 Å². The van der Waals surface area contributed by atoms with Crippen LogP contribution in [0.2, 0.25) is 0 Å². The van der Waals surface area contributed by atoms with E-state index in [1.54, 1.807) is 0 Å². The summed E-state index contributed by atoms with van der Waals surface area (Å²) in [6.07, 6.45) is 5.29. The molecule has 6 heteroatoms. The number of nitrogens with two attached hydrogens (primary N) is 1. The smallest absolute Gasteiger partial charge is 0.140 e. The second-order valence-corrected chi connectivity index (χ2v) is 11.9. The van der Waals surface area contributed by atoms with Crippen LogP contribution in [-0.2, 0) is 11.3 Å². The lowest BCUT2D eigenvalue weighted by molar-refractivity contribution is 0.186. The molecule has 202 valence electrons. The van der Waals surface area contributed by atoms with Gasteiger partial charge in [-0.1, -0.05) is 45.0 Å². The van der Waals surface area contributed by atoms with E-state index in [4.69, 9.17) is 15.5 Å². The van der Waals surface area contributed by atoms with Gasteiger partial charge in [0.2, 0.25) is 0 Å². The normalized spacial score (nSPS) is 18.8. The number of amidine groups is 1. The molecule has 0 fully saturated rings. The first-order chi connectivity index (χ1) is 18.2. The topological polar surface area (TPSA) is 66.1 Å². The Morgan fingerprint density at radius 1 is 1.11 bits per heavy atom. The van der Waals surface area contributed by atoms with Gasteiger partial charge in [-0.3, -0.25) is 9.89 Å². The molecule has 0 aromatic heterocycles. The summed E-state index contributed by atoms with van der Waals surface area (Å²) in [6, 6.07) is 11.4. The maximum Gasteiger partial charge on any atom is 0.140 e. The summed E-state index contributed by atoms with van der Waals surface area (Å²) in [6.45, 7) is 16.6. The Bertz CT molecular complexity index is 1300. The highest BCUT2D eigenvalue weighted by Crippen LogP contribution is 2.44. The van der Waals surface area contributed by atoms with Gasteiger partial charge in [-0.2, -0.15) is 0 Å². The predicted molar refractivity (Wildman–Crippen MR) is 159 cm³/mol. The van der Waals surface area contributed by atoms with Crippen LogP contribution < -0.4 is 11.1 Å². The van der Waals surface area contributed by atoms with E-state index in [0.29, 0.717) is 6.61 Å². The molecular weight excluding hydrogens is 470 g/mol. The van der Waals surface area contributed by atoms with Crippen molar-refractivity contribution < 1.29 is 4.74 Å². The number of ether oxygens (including phenoxy) is 1. The average molecular weight is 514 g/mol. The number of benzene rings is 2. The standard InChI is InChI=1S/C32H43N5O/c1-21-8-9-23(30(32(3,4)5)25-10-11-26(34-6)31(33)22(25)2)18-24(21)19-36-16-17-38-28-12-13-29-35-14-7-15-37(29)27(28)20-36/h8-13,18,30,34H,7,14-17,19-20,33H2,1-6H3. The zero-order valence-electron chi connectivity index (χ0n) is 23.9. The van der Waals surface area contributed by atoms with E-state index < -0.39 is 0 Å². The largest absolute Gasteiger partial charge is 0.490 e. The molecule has 1 unspecified atom stereocenters. The van der Waals surface area contributed by atoms with Crippen LogP contribution in [0.15, 0.2) is 58.9 Å². The minimum atomic E-state index is 0.0273. The highest BCUT2D eigenvalue weighted by Gasteiger charge is 2.31. The Morgan fingerprint density at radius 2 is 1.92 bits per heavy atom. The van der Waals surface area contributed by atoms with Crippen LogP contribution in [0.4, 0.5) is 11.4 Å². The molecule has 2 aromatic carbocycles. The van der Waals surface area contributed by atoms with Crippen molar-refractivity contribution in [3.05, 3.63) is 81.8 Å². The molecular formula is C32H43N5O. The fourth-order valence-electron chi connectivity index (χ4n) is 6.13. The molecule has 0 saturated carbocycles. The zero-order chi connectivity index (χ0) is 27.0. The van der Waals surface area contributed by atoms with Crippen LogP contribution in [0.5, 0.6) is 0 Å². The van der Waals surface area contributed by atoms with Crippen molar-refractivity contribution in [1.29, 1.82) is 0 Å². The molecule has 0 amide bonds. The maximum absolute atomic E-state index is 6.54.